The first-order valence-corrected chi connectivity index (χ1v) is 6.73. The Morgan fingerprint density at radius 1 is 1.25 bits per heavy atom. The van der Waals surface area contributed by atoms with E-state index in [-0.39, 0.29) is 16.2 Å². The van der Waals surface area contributed by atoms with Crippen molar-refractivity contribution in [1.82, 2.24) is 4.72 Å². The van der Waals surface area contributed by atoms with Crippen molar-refractivity contribution in [3.63, 3.8) is 0 Å². The molecule has 1 fully saturated rings. The van der Waals surface area contributed by atoms with E-state index in [4.69, 9.17) is 5.11 Å². The van der Waals surface area contributed by atoms with Gasteiger partial charge < -0.3 is 5.11 Å². The van der Waals surface area contributed by atoms with E-state index in [1.54, 1.807) is 0 Å². The minimum absolute atomic E-state index is 0.0637. The van der Waals surface area contributed by atoms with Crippen LogP contribution in [-0.4, -0.2) is 19.1 Å². The number of phenolic OH excluding ortho intramolecular Hbond substituents is 1. The molecule has 0 saturated heterocycles. The van der Waals surface area contributed by atoms with Crippen molar-refractivity contribution in [3.8, 4) is 5.75 Å². The largest absolute Gasteiger partial charge is 0.508 e. The monoisotopic (exact) mass is 241 g/mol. The normalized spacial score (nSPS) is 19.1. The number of nitrogens with one attached hydrogen (secondary N) is 1. The molecule has 0 amide bonds. The highest BCUT2D eigenvalue weighted by Crippen LogP contribution is 2.32. The van der Waals surface area contributed by atoms with Crippen molar-refractivity contribution in [2.45, 2.75) is 36.6 Å². The highest BCUT2D eigenvalue weighted by molar-refractivity contribution is 7.89. The fourth-order valence-corrected chi connectivity index (χ4v) is 3.28. The second-order valence-electron chi connectivity index (χ2n) is 4.51. The van der Waals surface area contributed by atoms with Gasteiger partial charge in [-0.05, 0) is 50.5 Å². The molecule has 4 nitrogen and oxygen atoms in total. The lowest BCUT2D eigenvalue weighted by atomic mass is 9.80. The average Bonchev–Trinajstić information content (AvgIpc) is 2.15. The van der Waals surface area contributed by atoms with Crippen LogP contribution in [0.3, 0.4) is 0 Å². The Balaban J connectivity index is 2.22. The Morgan fingerprint density at radius 3 is 2.25 bits per heavy atom. The van der Waals surface area contributed by atoms with Crippen molar-refractivity contribution in [3.05, 3.63) is 24.3 Å². The first-order chi connectivity index (χ1) is 7.41. The number of benzene rings is 1. The first kappa shape index (κ1) is 11.4. The maximum Gasteiger partial charge on any atom is 0.241 e. The smallest absolute Gasteiger partial charge is 0.241 e. The lowest BCUT2D eigenvalue weighted by molar-refractivity contribution is 0.248. The number of rotatable bonds is 3. The summed E-state index contributed by atoms with van der Waals surface area (Å²) in [5, 5.41) is 9.10. The summed E-state index contributed by atoms with van der Waals surface area (Å²) in [6.45, 7) is 1.91. The van der Waals surface area contributed by atoms with Crippen LogP contribution in [0.2, 0.25) is 0 Å². The SMILES string of the molecule is CC1(NS(=O)(=O)c2ccc(O)cc2)CCC1. The summed E-state index contributed by atoms with van der Waals surface area (Å²) in [6.07, 6.45) is 2.82. The summed E-state index contributed by atoms with van der Waals surface area (Å²) in [7, 11) is -3.46. The molecule has 2 N–H and O–H groups in total. The molecule has 2 rings (SSSR count). The Labute approximate surface area is 95.4 Å². The molecule has 1 saturated carbocycles. The van der Waals surface area contributed by atoms with Gasteiger partial charge in [-0.15, -0.1) is 0 Å². The predicted molar refractivity (Wildman–Crippen MR) is 60.7 cm³/mol. The van der Waals surface area contributed by atoms with Gasteiger partial charge in [-0.2, -0.15) is 0 Å². The zero-order valence-corrected chi connectivity index (χ0v) is 9.92. The number of aromatic hydroxyl groups is 1. The third kappa shape index (κ3) is 2.20. The van der Waals surface area contributed by atoms with E-state index in [0.29, 0.717) is 0 Å². The van der Waals surface area contributed by atoms with Gasteiger partial charge in [-0.3, -0.25) is 0 Å². The van der Waals surface area contributed by atoms with E-state index in [2.05, 4.69) is 4.72 Å². The van der Waals surface area contributed by atoms with Crippen molar-refractivity contribution in [1.29, 1.82) is 0 Å². The van der Waals surface area contributed by atoms with Crippen molar-refractivity contribution >= 4 is 10.0 Å². The molecule has 0 radical (unpaired) electrons. The molecular formula is C11H15NO3S. The molecule has 1 aromatic rings. The van der Waals surface area contributed by atoms with Gasteiger partial charge in [0.15, 0.2) is 0 Å². The summed E-state index contributed by atoms with van der Waals surface area (Å²) in [6, 6.07) is 5.55. The number of hydrogen-bond donors (Lipinski definition) is 2. The van der Waals surface area contributed by atoms with E-state index in [9.17, 15) is 8.42 Å². The minimum Gasteiger partial charge on any atom is -0.508 e. The van der Waals surface area contributed by atoms with Crippen LogP contribution in [0.4, 0.5) is 0 Å². The molecule has 0 unspecified atom stereocenters. The predicted octanol–water partition coefficient (Wildman–Crippen LogP) is 1.61. The molecule has 0 aromatic heterocycles. The second-order valence-corrected chi connectivity index (χ2v) is 6.20. The quantitative estimate of drug-likeness (QED) is 0.845. The Hall–Kier alpha value is -1.07. The van der Waals surface area contributed by atoms with E-state index in [1.807, 2.05) is 6.92 Å². The summed E-state index contributed by atoms with van der Waals surface area (Å²) in [5.74, 6) is 0.0637. The molecule has 1 aromatic carbocycles. The highest BCUT2D eigenvalue weighted by Gasteiger charge is 2.36. The Morgan fingerprint density at radius 2 is 1.81 bits per heavy atom. The molecular weight excluding hydrogens is 226 g/mol. The van der Waals surface area contributed by atoms with Crippen LogP contribution >= 0.6 is 0 Å². The van der Waals surface area contributed by atoms with Gasteiger partial charge in [0.1, 0.15) is 5.75 Å². The van der Waals surface area contributed by atoms with Gasteiger partial charge in [0.2, 0.25) is 10.0 Å². The maximum atomic E-state index is 12.0. The van der Waals surface area contributed by atoms with E-state index in [0.717, 1.165) is 19.3 Å². The molecule has 0 spiro atoms. The Kier molecular flexibility index (Phi) is 2.67. The van der Waals surface area contributed by atoms with Crippen LogP contribution < -0.4 is 4.72 Å². The molecule has 16 heavy (non-hydrogen) atoms. The molecule has 0 bridgehead atoms. The highest BCUT2D eigenvalue weighted by atomic mass is 32.2. The lowest BCUT2D eigenvalue weighted by Gasteiger charge is -2.38. The molecule has 1 aliphatic rings. The average molecular weight is 241 g/mol. The van der Waals surface area contributed by atoms with Crippen LogP contribution in [-0.2, 0) is 10.0 Å². The minimum atomic E-state index is -3.46. The molecule has 5 heteroatoms. The summed E-state index contributed by atoms with van der Waals surface area (Å²) < 4.78 is 26.6. The molecule has 1 aliphatic carbocycles. The van der Waals surface area contributed by atoms with Gasteiger partial charge in [0.05, 0.1) is 4.90 Å². The molecule has 0 heterocycles. The summed E-state index contributed by atoms with van der Waals surface area (Å²) >= 11 is 0. The van der Waals surface area contributed by atoms with Crippen molar-refractivity contribution in [2.24, 2.45) is 0 Å². The number of hydrogen-bond acceptors (Lipinski definition) is 3. The zero-order valence-electron chi connectivity index (χ0n) is 9.10. The topological polar surface area (TPSA) is 66.4 Å². The van der Waals surface area contributed by atoms with E-state index < -0.39 is 10.0 Å². The van der Waals surface area contributed by atoms with Crippen LogP contribution in [0.5, 0.6) is 5.75 Å². The first-order valence-electron chi connectivity index (χ1n) is 5.24. The van der Waals surface area contributed by atoms with Crippen molar-refractivity contribution < 1.29 is 13.5 Å². The third-order valence-electron chi connectivity index (χ3n) is 2.98. The van der Waals surface area contributed by atoms with Crippen molar-refractivity contribution in [2.75, 3.05) is 0 Å². The van der Waals surface area contributed by atoms with Crippen LogP contribution in [0.15, 0.2) is 29.2 Å². The van der Waals surface area contributed by atoms with Gasteiger partial charge in [-0.1, -0.05) is 0 Å². The van der Waals surface area contributed by atoms with E-state index >= 15 is 0 Å². The van der Waals surface area contributed by atoms with Crippen LogP contribution in [0, 0.1) is 0 Å². The maximum absolute atomic E-state index is 12.0. The molecule has 0 aliphatic heterocycles. The third-order valence-corrected chi connectivity index (χ3v) is 4.64. The second kappa shape index (κ2) is 3.75. The number of phenols is 1. The summed E-state index contributed by atoms with van der Waals surface area (Å²) in [4.78, 5) is 0.193. The molecule has 88 valence electrons. The summed E-state index contributed by atoms with van der Waals surface area (Å²) in [5.41, 5.74) is -0.295. The lowest BCUT2D eigenvalue weighted by Crippen LogP contribution is -2.50. The fourth-order valence-electron chi connectivity index (χ4n) is 1.82. The van der Waals surface area contributed by atoms with Gasteiger partial charge in [0, 0.05) is 5.54 Å². The number of sulfonamides is 1. The zero-order chi connectivity index (χ0) is 11.8. The van der Waals surface area contributed by atoms with Crippen LogP contribution in [0.1, 0.15) is 26.2 Å². The van der Waals surface area contributed by atoms with Crippen LogP contribution in [0.25, 0.3) is 0 Å². The Bertz CT molecular complexity index is 474. The van der Waals surface area contributed by atoms with Gasteiger partial charge >= 0.3 is 0 Å². The van der Waals surface area contributed by atoms with Gasteiger partial charge in [0.25, 0.3) is 0 Å². The van der Waals surface area contributed by atoms with Gasteiger partial charge in [-0.25, -0.2) is 13.1 Å². The molecule has 0 atom stereocenters. The standard InChI is InChI=1S/C11H15NO3S/c1-11(7-2-8-11)12-16(14,15)10-5-3-9(13)4-6-10/h3-6,12-13H,2,7-8H2,1H3. The fraction of sp³-hybridized carbons (Fsp3) is 0.455. The van der Waals surface area contributed by atoms with E-state index in [1.165, 1.54) is 24.3 Å².